The van der Waals surface area contributed by atoms with E-state index in [9.17, 15) is 0 Å². The van der Waals surface area contributed by atoms with Crippen molar-refractivity contribution in [1.29, 1.82) is 0 Å². The van der Waals surface area contributed by atoms with Gasteiger partial charge in [0.1, 0.15) is 0 Å². The van der Waals surface area contributed by atoms with Gasteiger partial charge in [-0.2, -0.15) is 0 Å². The van der Waals surface area contributed by atoms with Crippen molar-refractivity contribution in [3.63, 3.8) is 0 Å². The van der Waals surface area contributed by atoms with Crippen molar-refractivity contribution in [1.82, 2.24) is 0 Å². The molecule has 2 N–H and O–H groups in total. The van der Waals surface area contributed by atoms with Crippen LogP contribution in [-0.4, -0.2) is 0 Å². The highest BCUT2D eigenvalue weighted by atomic mass is 35.5. The van der Waals surface area contributed by atoms with Crippen LogP contribution in [0.5, 0.6) is 0 Å². The molecule has 0 fully saturated rings. The Balaban J connectivity index is 0.00000144. The molecular weight excluding hydrogens is 230 g/mol. The van der Waals surface area contributed by atoms with E-state index in [1.54, 1.807) is 6.08 Å². The van der Waals surface area contributed by atoms with E-state index in [1.165, 1.54) is 11.1 Å². The van der Waals surface area contributed by atoms with Crippen LogP contribution in [-0.2, 0) is 0 Å². The smallest absolute Gasteiger partial charge is 0.0478 e. The quantitative estimate of drug-likeness (QED) is 0.814. The van der Waals surface area contributed by atoms with Crippen molar-refractivity contribution in [2.24, 2.45) is 5.73 Å². The molecule has 0 saturated heterocycles. The molecule has 0 aliphatic rings. The van der Waals surface area contributed by atoms with Gasteiger partial charge in [0, 0.05) is 6.04 Å². The molecule has 0 aliphatic heterocycles. The Kier molecular flexibility index (Phi) is 4.95. The van der Waals surface area contributed by atoms with Crippen molar-refractivity contribution >= 4 is 12.4 Å². The number of halogens is 1. The largest absolute Gasteiger partial charge is 0.321 e. The highest BCUT2D eigenvalue weighted by molar-refractivity contribution is 5.85. The van der Waals surface area contributed by atoms with E-state index in [-0.39, 0.29) is 18.4 Å². The maximum atomic E-state index is 5.86. The van der Waals surface area contributed by atoms with Gasteiger partial charge in [0.05, 0.1) is 0 Å². The van der Waals surface area contributed by atoms with Gasteiger partial charge in [-0.1, -0.05) is 60.7 Å². The summed E-state index contributed by atoms with van der Waals surface area (Å²) in [4.78, 5) is 0. The standard InChI is InChI=1S/C15H15N.ClH/c1-2-15(16)14-10-8-13(9-11-14)12-6-4-3-5-7-12;/h2-11,15H,1,16H2;1H/t15-;/m1./s1. The molecule has 2 aromatic rings. The summed E-state index contributed by atoms with van der Waals surface area (Å²) in [5.74, 6) is 0. The minimum Gasteiger partial charge on any atom is -0.321 e. The van der Waals surface area contributed by atoms with Crippen LogP contribution >= 0.6 is 12.4 Å². The molecular formula is C15H16ClN. The fourth-order valence-corrected chi connectivity index (χ4v) is 1.66. The molecule has 17 heavy (non-hydrogen) atoms. The summed E-state index contributed by atoms with van der Waals surface area (Å²) in [6.45, 7) is 3.69. The molecule has 2 heteroatoms. The van der Waals surface area contributed by atoms with Crippen LogP contribution in [0.3, 0.4) is 0 Å². The third-order valence-electron chi connectivity index (χ3n) is 2.66. The number of nitrogens with two attached hydrogens (primary N) is 1. The maximum Gasteiger partial charge on any atom is 0.0478 e. The Morgan fingerprint density at radius 1 is 0.882 bits per heavy atom. The summed E-state index contributed by atoms with van der Waals surface area (Å²) >= 11 is 0. The van der Waals surface area contributed by atoms with Gasteiger partial charge in [-0.15, -0.1) is 19.0 Å². The molecule has 0 radical (unpaired) electrons. The van der Waals surface area contributed by atoms with Crippen molar-refractivity contribution in [3.8, 4) is 11.1 Å². The van der Waals surface area contributed by atoms with Gasteiger partial charge in [-0.3, -0.25) is 0 Å². The summed E-state index contributed by atoms with van der Waals surface area (Å²) in [6, 6.07) is 18.5. The van der Waals surface area contributed by atoms with Crippen LogP contribution in [0.2, 0.25) is 0 Å². The van der Waals surface area contributed by atoms with Gasteiger partial charge < -0.3 is 5.73 Å². The molecule has 1 atom stereocenters. The van der Waals surface area contributed by atoms with E-state index in [4.69, 9.17) is 5.73 Å². The molecule has 88 valence electrons. The van der Waals surface area contributed by atoms with Crippen molar-refractivity contribution in [2.45, 2.75) is 6.04 Å². The zero-order chi connectivity index (χ0) is 11.4. The highest BCUT2D eigenvalue weighted by Gasteiger charge is 2.01. The Hall–Kier alpha value is -1.57. The summed E-state index contributed by atoms with van der Waals surface area (Å²) in [5, 5.41) is 0. The lowest BCUT2D eigenvalue weighted by molar-refractivity contribution is 0.915. The molecule has 0 saturated carbocycles. The Bertz CT molecular complexity index is 462. The summed E-state index contributed by atoms with van der Waals surface area (Å²) < 4.78 is 0. The van der Waals surface area contributed by atoms with Crippen LogP contribution in [0.25, 0.3) is 11.1 Å². The van der Waals surface area contributed by atoms with Gasteiger partial charge in [0.15, 0.2) is 0 Å². The predicted molar refractivity (Wildman–Crippen MR) is 76.3 cm³/mol. The van der Waals surface area contributed by atoms with Gasteiger partial charge in [-0.05, 0) is 16.7 Å². The van der Waals surface area contributed by atoms with E-state index in [1.807, 2.05) is 18.2 Å². The predicted octanol–water partition coefficient (Wildman–Crippen LogP) is 3.96. The van der Waals surface area contributed by atoms with Crippen LogP contribution in [0.1, 0.15) is 11.6 Å². The molecule has 0 bridgehead atoms. The van der Waals surface area contributed by atoms with Crippen molar-refractivity contribution < 1.29 is 0 Å². The van der Waals surface area contributed by atoms with Crippen molar-refractivity contribution in [2.75, 3.05) is 0 Å². The molecule has 0 aromatic heterocycles. The lowest BCUT2D eigenvalue weighted by atomic mass is 10.0. The zero-order valence-electron chi connectivity index (χ0n) is 9.54. The Labute approximate surface area is 108 Å². The minimum atomic E-state index is -0.0789. The third kappa shape index (κ3) is 3.19. The topological polar surface area (TPSA) is 26.0 Å². The Morgan fingerprint density at radius 2 is 1.41 bits per heavy atom. The first kappa shape index (κ1) is 13.5. The van der Waals surface area contributed by atoms with E-state index in [0.29, 0.717) is 0 Å². The number of hydrogen-bond acceptors (Lipinski definition) is 1. The fraction of sp³-hybridized carbons (Fsp3) is 0.0667. The monoisotopic (exact) mass is 245 g/mol. The van der Waals surface area contributed by atoms with E-state index in [0.717, 1.165) is 5.56 Å². The second-order valence-electron chi connectivity index (χ2n) is 3.75. The molecule has 0 unspecified atom stereocenters. The number of rotatable bonds is 3. The first-order valence-electron chi connectivity index (χ1n) is 5.35. The van der Waals surface area contributed by atoms with E-state index >= 15 is 0 Å². The minimum absolute atomic E-state index is 0. The summed E-state index contributed by atoms with van der Waals surface area (Å²) in [5.41, 5.74) is 9.39. The molecule has 0 heterocycles. The molecule has 0 amide bonds. The van der Waals surface area contributed by atoms with Crippen LogP contribution in [0, 0.1) is 0 Å². The van der Waals surface area contributed by atoms with E-state index in [2.05, 4.69) is 43.0 Å². The zero-order valence-corrected chi connectivity index (χ0v) is 10.4. The summed E-state index contributed by atoms with van der Waals surface area (Å²) in [6.07, 6.45) is 1.75. The Morgan fingerprint density at radius 3 is 1.94 bits per heavy atom. The van der Waals surface area contributed by atoms with Crippen LogP contribution in [0.4, 0.5) is 0 Å². The van der Waals surface area contributed by atoms with Crippen LogP contribution in [0.15, 0.2) is 67.3 Å². The van der Waals surface area contributed by atoms with Gasteiger partial charge in [0.2, 0.25) is 0 Å². The second kappa shape index (κ2) is 6.24. The second-order valence-corrected chi connectivity index (χ2v) is 3.75. The highest BCUT2D eigenvalue weighted by Crippen LogP contribution is 2.21. The first-order valence-corrected chi connectivity index (χ1v) is 5.35. The third-order valence-corrected chi connectivity index (χ3v) is 2.66. The average Bonchev–Trinajstić information content (AvgIpc) is 2.39. The van der Waals surface area contributed by atoms with Gasteiger partial charge in [-0.25, -0.2) is 0 Å². The lowest BCUT2D eigenvalue weighted by Crippen LogP contribution is -2.05. The van der Waals surface area contributed by atoms with E-state index < -0.39 is 0 Å². The molecule has 2 aromatic carbocycles. The number of benzene rings is 2. The summed E-state index contributed by atoms with van der Waals surface area (Å²) in [7, 11) is 0. The molecule has 0 spiro atoms. The van der Waals surface area contributed by atoms with Gasteiger partial charge >= 0.3 is 0 Å². The molecule has 1 nitrogen and oxygen atoms in total. The molecule has 2 rings (SSSR count). The fourth-order valence-electron chi connectivity index (χ4n) is 1.66. The normalized spacial score (nSPS) is 11.4. The maximum absolute atomic E-state index is 5.86. The number of hydrogen-bond donors (Lipinski definition) is 1. The molecule has 0 aliphatic carbocycles. The lowest BCUT2D eigenvalue weighted by Gasteiger charge is -2.07. The van der Waals surface area contributed by atoms with Crippen LogP contribution < -0.4 is 5.73 Å². The average molecular weight is 246 g/mol. The van der Waals surface area contributed by atoms with Crippen molar-refractivity contribution in [3.05, 3.63) is 72.8 Å². The first-order chi connectivity index (χ1) is 7.81. The van der Waals surface area contributed by atoms with Gasteiger partial charge in [0.25, 0.3) is 0 Å². The SMILES string of the molecule is C=C[C@@H](N)c1ccc(-c2ccccc2)cc1.Cl.